The van der Waals surface area contributed by atoms with Crippen LogP contribution in [0.5, 0.6) is 0 Å². The topological polar surface area (TPSA) is 75.0 Å². The van der Waals surface area contributed by atoms with Crippen LogP contribution in [-0.2, 0) is 4.79 Å². The molecule has 0 aliphatic carbocycles. The second kappa shape index (κ2) is 6.08. The molecule has 1 aromatic carbocycles. The van der Waals surface area contributed by atoms with Gasteiger partial charge < -0.3 is 15.6 Å². The van der Waals surface area contributed by atoms with Gasteiger partial charge in [0.05, 0.1) is 23.4 Å². The number of likely N-dealkylation sites (tertiary alicyclic amines) is 1. The van der Waals surface area contributed by atoms with Crippen LogP contribution in [0.15, 0.2) is 24.5 Å². The number of nitrogens with two attached hydrogens (primary N) is 1. The van der Waals surface area contributed by atoms with Crippen molar-refractivity contribution in [1.82, 2.24) is 14.9 Å². The second-order valence-corrected chi connectivity index (χ2v) is 6.50. The molecular weight excluding hydrogens is 276 g/mol. The molecule has 1 aliphatic heterocycles. The summed E-state index contributed by atoms with van der Waals surface area (Å²) in [6.07, 6.45) is 3.83. The predicted molar refractivity (Wildman–Crippen MR) is 87.5 cm³/mol. The number of nitrogens with zero attached hydrogens (tertiary/aromatic N) is 2. The predicted octanol–water partition coefficient (Wildman–Crippen LogP) is 2.25. The van der Waals surface area contributed by atoms with Crippen molar-refractivity contribution in [3.05, 3.63) is 30.1 Å². The number of carbonyl (C=O) groups is 1. The fraction of sp³-hybridized carbons (Fsp3) is 0.529. The fourth-order valence-electron chi connectivity index (χ4n) is 3.09. The van der Waals surface area contributed by atoms with E-state index in [0.29, 0.717) is 5.92 Å². The minimum Gasteiger partial charge on any atom is -0.345 e. The highest BCUT2D eigenvalue weighted by Crippen LogP contribution is 2.24. The summed E-state index contributed by atoms with van der Waals surface area (Å²) in [6.45, 7) is 5.92. The summed E-state index contributed by atoms with van der Waals surface area (Å²) < 4.78 is 0. The lowest BCUT2D eigenvalue weighted by Crippen LogP contribution is -2.49. The van der Waals surface area contributed by atoms with Crippen LogP contribution < -0.4 is 5.73 Å². The standard InChI is InChI=1S/C17H24N4O/c1-11-5-7-21(8-6-11)17(22)16(18)12(2)13-3-4-14-15(9-13)20-10-19-14/h3-4,9-12,16H,5-8,18H2,1-2H3,(H,19,20). The van der Waals surface area contributed by atoms with Crippen LogP contribution in [0.4, 0.5) is 0 Å². The molecule has 0 bridgehead atoms. The first-order valence-electron chi connectivity index (χ1n) is 8.03. The van der Waals surface area contributed by atoms with Gasteiger partial charge in [0.1, 0.15) is 0 Å². The summed E-state index contributed by atoms with van der Waals surface area (Å²) >= 11 is 0. The number of rotatable bonds is 3. The zero-order valence-corrected chi connectivity index (χ0v) is 13.2. The average molecular weight is 300 g/mol. The van der Waals surface area contributed by atoms with Gasteiger partial charge in [0, 0.05) is 19.0 Å². The number of carbonyl (C=O) groups excluding carboxylic acids is 1. The Morgan fingerprint density at radius 1 is 1.41 bits per heavy atom. The number of H-pyrrole nitrogens is 1. The van der Waals surface area contributed by atoms with Crippen molar-refractivity contribution >= 4 is 16.9 Å². The molecule has 0 saturated carbocycles. The highest BCUT2D eigenvalue weighted by Gasteiger charge is 2.29. The first-order valence-corrected chi connectivity index (χ1v) is 8.03. The van der Waals surface area contributed by atoms with Crippen LogP contribution in [0.2, 0.25) is 0 Å². The van der Waals surface area contributed by atoms with Crippen molar-refractivity contribution < 1.29 is 4.79 Å². The lowest BCUT2D eigenvalue weighted by atomic mass is 9.91. The first-order chi connectivity index (χ1) is 10.6. The molecule has 1 aliphatic rings. The normalized spacial score (nSPS) is 19.3. The smallest absolute Gasteiger partial charge is 0.240 e. The molecule has 1 aromatic heterocycles. The summed E-state index contributed by atoms with van der Waals surface area (Å²) in [5.74, 6) is 0.759. The molecule has 5 heteroatoms. The van der Waals surface area contributed by atoms with E-state index in [1.54, 1.807) is 6.33 Å². The van der Waals surface area contributed by atoms with Crippen molar-refractivity contribution in [3.63, 3.8) is 0 Å². The van der Waals surface area contributed by atoms with E-state index < -0.39 is 6.04 Å². The number of imidazole rings is 1. The maximum absolute atomic E-state index is 12.6. The van der Waals surface area contributed by atoms with E-state index in [0.717, 1.165) is 42.5 Å². The summed E-state index contributed by atoms with van der Waals surface area (Å²) in [6, 6.07) is 5.54. The molecule has 22 heavy (non-hydrogen) atoms. The minimum absolute atomic E-state index is 0.0204. The third-order valence-corrected chi connectivity index (χ3v) is 4.89. The molecule has 2 heterocycles. The lowest BCUT2D eigenvalue weighted by molar-refractivity contribution is -0.134. The number of aromatic amines is 1. The van der Waals surface area contributed by atoms with Gasteiger partial charge in [0.2, 0.25) is 5.91 Å². The summed E-state index contributed by atoms with van der Waals surface area (Å²) in [5, 5.41) is 0. The van der Waals surface area contributed by atoms with Crippen molar-refractivity contribution in [2.24, 2.45) is 11.7 Å². The molecule has 0 spiro atoms. The zero-order chi connectivity index (χ0) is 15.7. The van der Waals surface area contributed by atoms with Crippen LogP contribution in [0.1, 0.15) is 38.2 Å². The fourth-order valence-corrected chi connectivity index (χ4v) is 3.09. The number of benzene rings is 1. The third-order valence-electron chi connectivity index (χ3n) is 4.89. The average Bonchev–Trinajstić information content (AvgIpc) is 3.01. The van der Waals surface area contributed by atoms with Crippen LogP contribution in [0.3, 0.4) is 0 Å². The number of hydrogen-bond donors (Lipinski definition) is 2. The number of amides is 1. The van der Waals surface area contributed by atoms with Crippen molar-refractivity contribution in [3.8, 4) is 0 Å². The van der Waals surface area contributed by atoms with E-state index in [4.69, 9.17) is 5.73 Å². The van der Waals surface area contributed by atoms with E-state index in [9.17, 15) is 4.79 Å². The molecule has 1 amide bonds. The SMILES string of the molecule is CC1CCN(C(=O)C(N)C(C)c2ccc3[nH]cnc3c2)CC1. The van der Waals surface area contributed by atoms with E-state index in [-0.39, 0.29) is 11.8 Å². The van der Waals surface area contributed by atoms with Crippen molar-refractivity contribution in [2.45, 2.75) is 38.6 Å². The molecule has 1 saturated heterocycles. The molecule has 2 atom stereocenters. The molecular formula is C17H24N4O. The highest BCUT2D eigenvalue weighted by atomic mass is 16.2. The van der Waals surface area contributed by atoms with E-state index in [2.05, 4.69) is 16.9 Å². The Morgan fingerprint density at radius 3 is 2.86 bits per heavy atom. The number of hydrogen-bond acceptors (Lipinski definition) is 3. The Morgan fingerprint density at radius 2 is 2.14 bits per heavy atom. The van der Waals surface area contributed by atoms with Gasteiger partial charge in [-0.3, -0.25) is 4.79 Å². The second-order valence-electron chi connectivity index (χ2n) is 6.50. The Bertz CT molecular complexity index is 657. The van der Waals surface area contributed by atoms with Crippen molar-refractivity contribution in [1.29, 1.82) is 0 Å². The number of aromatic nitrogens is 2. The summed E-state index contributed by atoms with van der Waals surface area (Å²) in [5.41, 5.74) is 9.23. The summed E-state index contributed by atoms with van der Waals surface area (Å²) in [4.78, 5) is 21.9. The molecule has 3 N–H and O–H groups in total. The quantitative estimate of drug-likeness (QED) is 0.913. The van der Waals surface area contributed by atoms with Crippen LogP contribution in [0, 0.1) is 5.92 Å². The van der Waals surface area contributed by atoms with Gasteiger partial charge >= 0.3 is 0 Å². The van der Waals surface area contributed by atoms with E-state index in [1.807, 2.05) is 30.0 Å². The minimum atomic E-state index is -0.496. The molecule has 5 nitrogen and oxygen atoms in total. The van der Waals surface area contributed by atoms with Crippen LogP contribution in [0.25, 0.3) is 11.0 Å². The van der Waals surface area contributed by atoms with Gasteiger partial charge in [-0.15, -0.1) is 0 Å². The molecule has 118 valence electrons. The molecule has 0 radical (unpaired) electrons. The van der Waals surface area contributed by atoms with Crippen molar-refractivity contribution in [2.75, 3.05) is 13.1 Å². The Labute approximate surface area is 130 Å². The zero-order valence-electron chi connectivity index (χ0n) is 13.2. The first kappa shape index (κ1) is 15.0. The maximum Gasteiger partial charge on any atom is 0.240 e. The van der Waals surface area contributed by atoms with Crippen LogP contribution in [-0.4, -0.2) is 39.9 Å². The third kappa shape index (κ3) is 2.86. The molecule has 3 rings (SSSR count). The Hall–Kier alpha value is -1.88. The molecule has 2 unspecified atom stereocenters. The van der Waals surface area contributed by atoms with Gasteiger partial charge in [0.15, 0.2) is 0 Å². The molecule has 1 fully saturated rings. The monoisotopic (exact) mass is 300 g/mol. The van der Waals surface area contributed by atoms with Gasteiger partial charge in [-0.2, -0.15) is 0 Å². The van der Waals surface area contributed by atoms with Gasteiger partial charge in [-0.25, -0.2) is 4.98 Å². The van der Waals surface area contributed by atoms with Gasteiger partial charge in [0.25, 0.3) is 0 Å². The number of piperidine rings is 1. The highest BCUT2D eigenvalue weighted by molar-refractivity contribution is 5.83. The van der Waals surface area contributed by atoms with Crippen LogP contribution >= 0.6 is 0 Å². The van der Waals surface area contributed by atoms with Gasteiger partial charge in [-0.1, -0.05) is 19.9 Å². The largest absolute Gasteiger partial charge is 0.345 e. The Kier molecular flexibility index (Phi) is 4.16. The van der Waals surface area contributed by atoms with Gasteiger partial charge in [-0.05, 0) is 36.5 Å². The van der Waals surface area contributed by atoms with E-state index >= 15 is 0 Å². The molecule has 2 aromatic rings. The summed E-state index contributed by atoms with van der Waals surface area (Å²) in [7, 11) is 0. The Balaban J connectivity index is 1.72. The number of nitrogens with one attached hydrogen (secondary N) is 1. The maximum atomic E-state index is 12.6. The van der Waals surface area contributed by atoms with E-state index in [1.165, 1.54) is 0 Å². The number of fused-ring (bicyclic) bond motifs is 1. The lowest BCUT2D eigenvalue weighted by Gasteiger charge is -2.33.